The van der Waals surface area contributed by atoms with Crippen molar-refractivity contribution in [3.05, 3.63) is 29.8 Å². The molecule has 0 aliphatic heterocycles. The van der Waals surface area contributed by atoms with Crippen LogP contribution in [0.15, 0.2) is 18.2 Å². The fourth-order valence-electron chi connectivity index (χ4n) is 1.25. The molecule has 6 nitrogen and oxygen atoms in total. The highest BCUT2D eigenvalue weighted by atomic mass is 19.2. The van der Waals surface area contributed by atoms with Crippen LogP contribution in [0.25, 0.3) is 0 Å². The molecule has 110 valence electrons. The molecule has 2 amide bonds. The Morgan fingerprint density at radius 2 is 1.85 bits per heavy atom. The fraction of sp³-hybridized carbons (Fsp3) is 0.333. The van der Waals surface area contributed by atoms with E-state index < -0.39 is 23.6 Å². The molecule has 0 saturated heterocycles. The van der Waals surface area contributed by atoms with Gasteiger partial charge in [0.2, 0.25) is 0 Å². The number of urea groups is 1. The summed E-state index contributed by atoms with van der Waals surface area (Å²) in [6, 6.07) is 2.59. The van der Waals surface area contributed by atoms with Gasteiger partial charge in [0.1, 0.15) is 12.4 Å². The topological polar surface area (TPSA) is 87.7 Å². The zero-order valence-electron chi connectivity index (χ0n) is 10.5. The number of rotatable bonds is 7. The monoisotopic (exact) mass is 288 g/mol. The highest BCUT2D eigenvalue weighted by Gasteiger charge is 2.04. The molecule has 0 aromatic heterocycles. The Hall–Kier alpha value is -2.38. The van der Waals surface area contributed by atoms with Crippen molar-refractivity contribution in [2.45, 2.75) is 6.42 Å². The molecule has 0 spiro atoms. The maximum Gasteiger partial charge on any atom is 0.314 e. The zero-order valence-corrected chi connectivity index (χ0v) is 10.5. The Labute approximate surface area is 113 Å². The normalized spacial score (nSPS) is 9.90. The van der Waals surface area contributed by atoms with Crippen LogP contribution in [-0.4, -0.2) is 36.8 Å². The molecular weight excluding hydrogens is 274 g/mol. The van der Waals surface area contributed by atoms with Gasteiger partial charge in [0.15, 0.2) is 11.6 Å². The number of carbonyl (C=O) groups excluding carboxylic acids is 1. The number of benzene rings is 1. The number of halogens is 2. The predicted octanol–water partition coefficient (Wildman–Crippen LogP) is 1.12. The SMILES string of the molecule is O=C(O)CCNC(=O)NCCOc1ccc(F)c(F)c1. The summed E-state index contributed by atoms with van der Waals surface area (Å²) in [5.41, 5.74) is 0. The maximum atomic E-state index is 12.8. The minimum atomic E-state index is -1.01. The maximum absolute atomic E-state index is 12.8. The highest BCUT2D eigenvalue weighted by molar-refractivity contribution is 5.74. The van der Waals surface area contributed by atoms with Gasteiger partial charge in [-0.3, -0.25) is 4.79 Å². The van der Waals surface area contributed by atoms with Crippen molar-refractivity contribution in [1.29, 1.82) is 0 Å². The summed E-state index contributed by atoms with van der Waals surface area (Å²) in [5, 5.41) is 13.1. The van der Waals surface area contributed by atoms with E-state index in [2.05, 4.69) is 10.6 Å². The van der Waals surface area contributed by atoms with Gasteiger partial charge in [0, 0.05) is 12.6 Å². The Balaban J connectivity index is 2.16. The number of nitrogens with one attached hydrogen (secondary N) is 2. The molecule has 0 saturated carbocycles. The van der Waals surface area contributed by atoms with E-state index in [9.17, 15) is 18.4 Å². The van der Waals surface area contributed by atoms with Crippen LogP contribution in [0.2, 0.25) is 0 Å². The van der Waals surface area contributed by atoms with Gasteiger partial charge in [-0.05, 0) is 12.1 Å². The van der Waals surface area contributed by atoms with Crippen LogP contribution in [0.5, 0.6) is 5.75 Å². The van der Waals surface area contributed by atoms with Gasteiger partial charge in [-0.15, -0.1) is 0 Å². The van der Waals surface area contributed by atoms with Gasteiger partial charge in [-0.1, -0.05) is 0 Å². The molecule has 1 aromatic carbocycles. The second-order valence-corrected chi connectivity index (χ2v) is 3.75. The lowest BCUT2D eigenvalue weighted by molar-refractivity contribution is -0.136. The van der Waals surface area contributed by atoms with Crippen LogP contribution < -0.4 is 15.4 Å². The number of carbonyl (C=O) groups is 2. The lowest BCUT2D eigenvalue weighted by Gasteiger charge is -2.08. The number of carboxylic acid groups (broad SMARTS) is 1. The molecule has 0 bridgehead atoms. The molecular formula is C12H14F2N2O4. The fourth-order valence-corrected chi connectivity index (χ4v) is 1.25. The van der Waals surface area contributed by atoms with Gasteiger partial charge in [-0.25, -0.2) is 13.6 Å². The van der Waals surface area contributed by atoms with Crippen LogP contribution in [0.4, 0.5) is 13.6 Å². The number of carboxylic acids is 1. The van der Waals surface area contributed by atoms with Crippen molar-refractivity contribution in [3.8, 4) is 5.75 Å². The van der Waals surface area contributed by atoms with Gasteiger partial charge in [0.05, 0.1) is 13.0 Å². The Morgan fingerprint density at radius 1 is 1.15 bits per heavy atom. The molecule has 0 aliphatic rings. The quantitative estimate of drug-likeness (QED) is 0.656. The average molecular weight is 288 g/mol. The zero-order chi connectivity index (χ0) is 15.0. The van der Waals surface area contributed by atoms with Gasteiger partial charge < -0.3 is 20.5 Å². The first-order valence-electron chi connectivity index (χ1n) is 5.80. The highest BCUT2D eigenvalue weighted by Crippen LogP contribution is 2.14. The van der Waals surface area contributed by atoms with Crippen LogP contribution >= 0.6 is 0 Å². The van der Waals surface area contributed by atoms with E-state index in [1.54, 1.807) is 0 Å². The average Bonchev–Trinajstić information content (AvgIpc) is 2.38. The third-order valence-electron chi connectivity index (χ3n) is 2.17. The first-order valence-corrected chi connectivity index (χ1v) is 5.80. The van der Waals surface area contributed by atoms with Crippen molar-refractivity contribution in [3.63, 3.8) is 0 Å². The summed E-state index contributed by atoms with van der Waals surface area (Å²) in [6.45, 7) is 0.223. The molecule has 0 atom stereocenters. The van der Waals surface area contributed by atoms with Crippen molar-refractivity contribution in [2.75, 3.05) is 19.7 Å². The van der Waals surface area contributed by atoms with Crippen molar-refractivity contribution in [1.82, 2.24) is 10.6 Å². The summed E-state index contributed by atoms with van der Waals surface area (Å²) < 4.78 is 30.6. The van der Waals surface area contributed by atoms with E-state index in [1.807, 2.05) is 0 Å². The Bertz CT molecular complexity index is 483. The van der Waals surface area contributed by atoms with E-state index in [-0.39, 0.29) is 31.9 Å². The molecule has 0 aliphatic carbocycles. The summed E-state index contributed by atoms with van der Waals surface area (Å²) >= 11 is 0. The van der Waals surface area contributed by atoms with E-state index in [4.69, 9.17) is 9.84 Å². The standard InChI is InChI=1S/C12H14F2N2O4/c13-9-2-1-8(7-10(9)14)20-6-5-16-12(19)15-4-3-11(17)18/h1-2,7H,3-6H2,(H,17,18)(H2,15,16,19). The molecule has 0 radical (unpaired) electrons. The molecule has 3 N–H and O–H groups in total. The van der Waals surface area contributed by atoms with Crippen LogP contribution in [0, 0.1) is 11.6 Å². The van der Waals surface area contributed by atoms with Crippen LogP contribution in [0.1, 0.15) is 6.42 Å². The van der Waals surface area contributed by atoms with Crippen molar-refractivity contribution >= 4 is 12.0 Å². The van der Waals surface area contributed by atoms with E-state index >= 15 is 0 Å². The van der Waals surface area contributed by atoms with Gasteiger partial charge in [-0.2, -0.15) is 0 Å². The van der Waals surface area contributed by atoms with Crippen molar-refractivity contribution in [2.24, 2.45) is 0 Å². The first kappa shape index (κ1) is 15.7. The molecule has 0 heterocycles. The smallest absolute Gasteiger partial charge is 0.314 e. The number of aliphatic carboxylic acids is 1. The number of hydrogen-bond donors (Lipinski definition) is 3. The minimum Gasteiger partial charge on any atom is -0.492 e. The molecule has 0 fully saturated rings. The van der Waals surface area contributed by atoms with Crippen LogP contribution in [-0.2, 0) is 4.79 Å². The molecule has 8 heteroatoms. The van der Waals surface area contributed by atoms with Gasteiger partial charge in [0.25, 0.3) is 0 Å². The van der Waals surface area contributed by atoms with Gasteiger partial charge >= 0.3 is 12.0 Å². The lowest BCUT2D eigenvalue weighted by atomic mass is 10.3. The Morgan fingerprint density at radius 3 is 2.50 bits per heavy atom. The predicted molar refractivity (Wildman–Crippen MR) is 65.5 cm³/mol. The van der Waals surface area contributed by atoms with Crippen LogP contribution in [0.3, 0.4) is 0 Å². The number of hydrogen-bond acceptors (Lipinski definition) is 3. The minimum absolute atomic E-state index is 0.0190. The van der Waals surface area contributed by atoms with E-state index in [0.29, 0.717) is 0 Å². The summed E-state index contributed by atoms with van der Waals surface area (Å²) in [7, 11) is 0. The molecule has 1 rings (SSSR count). The van der Waals surface area contributed by atoms with Crippen molar-refractivity contribution < 1.29 is 28.2 Å². The number of amides is 2. The summed E-state index contributed by atoms with van der Waals surface area (Å²) in [5.74, 6) is -2.83. The largest absolute Gasteiger partial charge is 0.492 e. The summed E-state index contributed by atoms with van der Waals surface area (Å²) in [6.07, 6.45) is -0.168. The second-order valence-electron chi connectivity index (χ2n) is 3.75. The molecule has 20 heavy (non-hydrogen) atoms. The van der Waals surface area contributed by atoms with E-state index in [1.165, 1.54) is 6.07 Å². The summed E-state index contributed by atoms with van der Waals surface area (Å²) in [4.78, 5) is 21.4. The lowest BCUT2D eigenvalue weighted by Crippen LogP contribution is -2.38. The number of ether oxygens (including phenoxy) is 1. The second kappa shape index (κ2) is 7.93. The van der Waals surface area contributed by atoms with E-state index in [0.717, 1.165) is 12.1 Å². The molecule has 0 unspecified atom stereocenters. The first-order chi connectivity index (χ1) is 9.49. The Kier molecular flexibility index (Phi) is 6.21. The third-order valence-corrected chi connectivity index (χ3v) is 2.17. The molecule has 1 aromatic rings. The third kappa shape index (κ3) is 5.98.